The van der Waals surface area contributed by atoms with Gasteiger partial charge in [0, 0.05) is 38.3 Å². The molecule has 1 atom stereocenters. The number of nitrogens with one attached hydrogen (secondary N) is 1. The first-order chi connectivity index (χ1) is 16.6. The number of methoxy groups -OCH3 is 1. The van der Waals surface area contributed by atoms with E-state index in [9.17, 15) is 9.59 Å². The van der Waals surface area contributed by atoms with E-state index in [1.807, 2.05) is 60.4 Å². The van der Waals surface area contributed by atoms with Gasteiger partial charge in [0.05, 0.1) is 13.2 Å². The van der Waals surface area contributed by atoms with Crippen LogP contribution >= 0.6 is 0 Å². The molecule has 0 radical (unpaired) electrons. The molecule has 182 valence electrons. The second-order valence-electron chi connectivity index (χ2n) is 9.52. The van der Waals surface area contributed by atoms with E-state index >= 15 is 0 Å². The van der Waals surface area contributed by atoms with Crippen LogP contribution in [0.3, 0.4) is 0 Å². The topological polar surface area (TPSA) is 61.9 Å². The third kappa shape index (κ3) is 5.79. The van der Waals surface area contributed by atoms with Crippen molar-refractivity contribution < 1.29 is 14.3 Å². The minimum atomic E-state index is -0.103. The number of hydrogen-bond acceptors (Lipinski definition) is 4. The molecule has 1 aliphatic heterocycles. The minimum Gasteiger partial charge on any atom is -0.497 e. The van der Waals surface area contributed by atoms with Crippen LogP contribution in [0.1, 0.15) is 47.2 Å². The number of piperazine rings is 1. The molecule has 1 saturated heterocycles. The number of carbonyl (C=O) groups is 2. The molecule has 2 aliphatic rings. The zero-order chi connectivity index (χ0) is 23.9. The summed E-state index contributed by atoms with van der Waals surface area (Å²) in [6, 6.07) is 15.7. The lowest BCUT2D eigenvalue weighted by atomic mass is 9.94. The summed E-state index contributed by atoms with van der Waals surface area (Å²) in [7, 11) is 1.66. The predicted octanol–water partition coefficient (Wildman–Crippen LogP) is 3.68. The average molecular weight is 464 g/mol. The molecule has 0 aromatic heterocycles. The van der Waals surface area contributed by atoms with E-state index in [1.54, 1.807) is 7.11 Å². The molecule has 0 bridgehead atoms. The van der Waals surface area contributed by atoms with Gasteiger partial charge in [-0.1, -0.05) is 43.2 Å². The number of aryl methyl sites for hydroxylation is 1. The molecule has 1 heterocycles. The van der Waals surface area contributed by atoms with Gasteiger partial charge in [-0.05, 0) is 61.4 Å². The summed E-state index contributed by atoms with van der Waals surface area (Å²) in [6.07, 6.45) is 5.42. The molecular formula is C28H37N3O3. The van der Waals surface area contributed by atoms with Crippen LogP contribution in [0.25, 0.3) is 0 Å². The van der Waals surface area contributed by atoms with Gasteiger partial charge < -0.3 is 15.0 Å². The van der Waals surface area contributed by atoms with Crippen molar-refractivity contribution in [1.29, 1.82) is 0 Å². The molecule has 6 heteroatoms. The van der Waals surface area contributed by atoms with Gasteiger partial charge in [0.25, 0.3) is 5.91 Å². The number of hydrogen-bond donors (Lipinski definition) is 1. The molecule has 6 nitrogen and oxygen atoms in total. The standard InChI is InChI=1S/C28H37N3O3/c1-21-7-3-6-10-25(21)28(33)31-19-17-30(18-20-31)26(23-8-4-5-9-23)27(32)29-16-15-22-11-13-24(34-2)14-12-22/h3,6-7,10-14,23,26H,4-5,8-9,15-20H2,1-2H3,(H,29,32). The van der Waals surface area contributed by atoms with Crippen LogP contribution in [-0.4, -0.2) is 67.5 Å². The van der Waals surface area contributed by atoms with Crippen LogP contribution in [-0.2, 0) is 11.2 Å². The summed E-state index contributed by atoms with van der Waals surface area (Å²) < 4.78 is 5.22. The second kappa shape index (κ2) is 11.5. The first-order valence-electron chi connectivity index (χ1n) is 12.6. The highest BCUT2D eigenvalue weighted by atomic mass is 16.5. The van der Waals surface area contributed by atoms with Gasteiger partial charge in [0.1, 0.15) is 5.75 Å². The fourth-order valence-corrected chi connectivity index (χ4v) is 5.36. The minimum absolute atomic E-state index is 0.0964. The van der Waals surface area contributed by atoms with Gasteiger partial charge in [0.2, 0.25) is 5.91 Å². The van der Waals surface area contributed by atoms with E-state index < -0.39 is 0 Å². The number of amides is 2. The zero-order valence-corrected chi connectivity index (χ0v) is 20.5. The molecule has 4 rings (SSSR count). The lowest BCUT2D eigenvalue weighted by Crippen LogP contribution is -2.58. The third-order valence-electron chi connectivity index (χ3n) is 7.36. The molecule has 1 saturated carbocycles. The zero-order valence-electron chi connectivity index (χ0n) is 20.5. The van der Waals surface area contributed by atoms with Crippen molar-refractivity contribution in [1.82, 2.24) is 15.1 Å². The first-order valence-corrected chi connectivity index (χ1v) is 12.6. The van der Waals surface area contributed by atoms with Crippen molar-refractivity contribution in [3.05, 3.63) is 65.2 Å². The molecule has 1 N–H and O–H groups in total. The van der Waals surface area contributed by atoms with Crippen LogP contribution in [0.5, 0.6) is 5.75 Å². The number of ether oxygens (including phenoxy) is 1. The van der Waals surface area contributed by atoms with Crippen molar-refractivity contribution in [2.75, 3.05) is 39.8 Å². The fraction of sp³-hybridized carbons (Fsp3) is 0.500. The van der Waals surface area contributed by atoms with E-state index in [-0.39, 0.29) is 17.9 Å². The summed E-state index contributed by atoms with van der Waals surface area (Å²) in [5.41, 5.74) is 2.97. The van der Waals surface area contributed by atoms with E-state index in [1.165, 1.54) is 18.4 Å². The fourth-order valence-electron chi connectivity index (χ4n) is 5.36. The highest BCUT2D eigenvalue weighted by Gasteiger charge is 2.37. The Balaban J connectivity index is 1.34. The maximum Gasteiger partial charge on any atom is 0.254 e. The van der Waals surface area contributed by atoms with E-state index in [4.69, 9.17) is 4.74 Å². The number of rotatable bonds is 8. The summed E-state index contributed by atoms with van der Waals surface area (Å²) in [5.74, 6) is 1.48. The quantitative estimate of drug-likeness (QED) is 0.649. The lowest BCUT2D eigenvalue weighted by Gasteiger charge is -2.41. The van der Waals surface area contributed by atoms with Gasteiger partial charge in [-0.3, -0.25) is 14.5 Å². The van der Waals surface area contributed by atoms with Crippen molar-refractivity contribution in [3.8, 4) is 5.75 Å². The normalized spacial score (nSPS) is 18.0. The molecule has 2 fully saturated rings. The maximum absolute atomic E-state index is 13.3. The molecule has 2 aromatic rings. The number of carbonyl (C=O) groups excluding carboxylic acids is 2. The SMILES string of the molecule is COc1ccc(CCNC(=O)C(C2CCCC2)N2CCN(C(=O)c3ccccc3C)CC2)cc1. The van der Waals surface area contributed by atoms with Crippen LogP contribution in [0.4, 0.5) is 0 Å². The monoisotopic (exact) mass is 463 g/mol. The number of nitrogens with zero attached hydrogens (tertiary/aromatic N) is 2. The Labute approximate surface area is 203 Å². The van der Waals surface area contributed by atoms with Crippen molar-refractivity contribution in [2.45, 2.75) is 45.1 Å². The third-order valence-corrected chi connectivity index (χ3v) is 7.36. The predicted molar refractivity (Wildman–Crippen MR) is 134 cm³/mol. The van der Waals surface area contributed by atoms with Crippen LogP contribution in [0.2, 0.25) is 0 Å². The number of benzene rings is 2. The Bertz CT molecular complexity index is 961. The van der Waals surface area contributed by atoms with E-state index in [2.05, 4.69) is 10.2 Å². The largest absolute Gasteiger partial charge is 0.497 e. The summed E-state index contributed by atoms with van der Waals surface area (Å²) in [6.45, 7) is 5.41. The van der Waals surface area contributed by atoms with Gasteiger partial charge in [-0.25, -0.2) is 0 Å². The maximum atomic E-state index is 13.3. The Hall–Kier alpha value is -2.86. The molecule has 2 aromatic carbocycles. The molecule has 34 heavy (non-hydrogen) atoms. The lowest BCUT2D eigenvalue weighted by molar-refractivity contribution is -0.129. The van der Waals surface area contributed by atoms with Crippen LogP contribution < -0.4 is 10.1 Å². The molecule has 1 unspecified atom stereocenters. The summed E-state index contributed by atoms with van der Waals surface area (Å²) in [5, 5.41) is 3.21. The van der Waals surface area contributed by atoms with Crippen molar-refractivity contribution in [2.24, 2.45) is 5.92 Å². The molecular weight excluding hydrogens is 426 g/mol. The Morgan fingerprint density at radius 1 is 1.00 bits per heavy atom. The summed E-state index contributed by atoms with van der Waals surface area (Å²) in [4.78, 5) is 30.6. The van der Waals surface area contributed by atoms with Gasteiger partial charge in [-0.15, -0.1) is 0 Å². The second-order valence-corrected chi connectivity index (χ2v) is 9.52. The van der Waals surface area contributed by atoms with Crippen molar-refractivity contribution >= 4 is 11.8 Å². The molecule has 0 spiro atoms. The Kier molecular flexibility index (Phi) is 8.22. The van der Waals surface area contributed by atoms with Crippen LogP contribution in [0.15, 0.2) is 48.5 Å². The Morgan fingerprint density at radius 2 is 1.68 bits per heavy atom. The van der Waals surface area contributed by atoms with E-state index in [0.717, 1.165) is 49.2 Å². The highest BCUT2D eigenvalue weighted by Crippen LogP contribution is 2.31. The summed E-state index contributed by atoms with van der Waals surface area (Å²) >= 11 is 0. The average Bonchev–Trinajstić information content (AvgIpc) is 3.39. The molecule has 2 amide bonds. The van der Waals surface area contributed by atoms with Crippen molar-refractivity contribution in [3.63, 3.8) is 0 Å². The smallest absolute Gasteiger partial charge is 0.254 e. The first kappa shape index (κ1) is 24.3. The highest BCUT2D eigenvalue weighted by molar-refractivity contribution is 5.95. The molecule has 1 aliphatic carbocycles. The van der Waals surface area contributed by atoms with Gasteiger partial charge in [0.15, 0.2) is 0 Å². The van der Waals surface area contributed by atoms with E-state index in [0.29, 0.717) is 25.6 Å². The van der Waals surface area contributed by atoms with Crippen LogP contribution in [0, 0.1) is 12.8 Å². The van der Waals surface area contributed by atoms with Gasteiger partial charge >= 0.3 is 0 Å². The van der Waals surface area contributed by atoms with Gasteiger partial charge in [-0.2, -0.15) is 0 Å². The Morgan fingerprint density at radius 3 is 2.32 bits per heavy atom.